The molecule has 21 heavy (non-hydrogen) atoms. The van der Waals surface area contributed by atoms with E-state index < -0.39 is 0 Å². The molecule has 5 nitrogen and oxygen atoms in total. The number of benzene rings is 1. The molecule has 0 spiro atoms. The van der Waals surface area contributed by atoms with Crippen LogP contribution in [0.3, 0.4) is 0 Å². The first-order valence-electron chi connectivity index (χ1n) is 7.14. The molecule has 1 aromatic carbocycles. The van der Waals surface area contributed by atoms with Crippen LogP contribution in [0.4, 0.5) is 5.69 Å². The number of hydrogen-bond donors (Lipinski definition) is 3. The van der Waals surface area contributed by atoms with Crippen LogP contribution < -0.4 is 16.0 Å². The van der Waals surface area contributed by atoms with E-state index in [4.69, 9.17) is 5.73 Å². The van der Waals surface area contributed by atoms with Gasteiger partial charge in [0.2, 0.25) is 5.91 Å². The molecule has 1 aliphatic rings. The van der Waals surface area contributed by atoms with Gasteiger partial charge >= 0.3 is 0 Å². The molecule has 0 saturated carbocycles. The number of hydrogen-bond acceptors (Lipinski definition) is 2. The molecule has 1 heterocycles. The van der Waals surface area contributed by atoms with Gasteiger partial charge in [0, 0.05) is 9.26 Å². The zero-order valence-corrected chi connectivity index (χ0v) is 14.3. The van der Waals surface area contributed by atoms with Crippen molar-refractivity contribution in [2.75, 3.05) is 25.0 Å². The second kappa shape index (κ2) is 7.22. The molecule has 6 heteroatoms. The summed E-state index contributed by atoms with van der Waals surface area (Å²) < 4.78 is 1.15. The second-order valence-electron chi connectivity index (χ2n) is 5.63. The molecule has 4 N–H and O–H groups in total. The number of aryl methyl sites for hydroxylation is 1. The molecule has 0 bridgehead atoms. The molecule has 1 aliphatic heterocycles. The second-order valence-corrected chi connectivity index (χ2v) is 6.88. The van der Waals surface area contributed by atoms with E-state index in [0.717, 1.165) is 39.1 Å². The monoisotopic (exact) mass is 402 g/mol. The van der Waals surface area contributed by atoms with E-state index in [1.165, 1.54) is 0 Å². The number of likely N-dealkylation sites (tertiary alicyclic amines) is 1. The number of halogens is 1. The summed E-state index contributed by atoms with van der Waals surface area (Å²) in [6.45, 7) is 3.95. The first kappa shape index (κ1) is 16.2. The normalized spacial score (nSPS) is 21.8. The zero-order valence-electron chi connectivity index (χ0n) is 12.1. The largest absolute Gasteiger partial charge is 0.369 e. The molecule has 1 saturated heterocycles. The molecule has 1 aromatic rings. The number of quaternary nitrogens is 1. The van der Waals surface area contributed by atoms with E-state index in [-0.39, 0.29) is 17.7 Å². The lowest BCUT2D eigenvalue weighted by atomic mass is 9.97. The van der Waals surface area contributed by atoms with Crippen molar-refractivity contribution < 1.29 is 14.5 Å². The van der Waals surface area contributed by atoms with Crippen LogP contribution in [0.1, 0.15) is 18.4 Å². The van der Waals surface area contributed by atoms with E-state index in [0.29, 0.717) is 13.1 Å². The highest BCUT2D eigenvalue weighted by Gasteiger charge is 2.28. The van der Waals surface area contributed by atoms with Crippen molar-refractivity contribution in [3.63, 3.8) is 0 Å². The number of anilines is 1. The molecular weight excluding hydrogens is 381 g/mol. The van der Waals surface area contributed by atoms with Gasteiger partial charge < -0.3 is 16.0 Å². The molecule has 1 unspecified atom stereocenters. The van der Waals surface area contributed by atoms with E-state index in [1.807, 2.05) is 25.1 Å². The van der Waals surface area contributed by atoms with Gasteiger partial charge in [-0.25, -0.2) is 0 Å². The van der Waals surface area contributed by atoms with Gasteiger partial charge in [-0.15, -0.1) is 0 Å². The number of rotatable bonds is 4. The first-order chi connectivity index (χ1) is 9.95. The average molecular weight is 402 g/mol. The van der Waals surface area contributed by atoms with Gasteiger partial charge in [0.25, 0.3) is 5.91 Å². The Morgan fingerprint density at radius 2 is 2.24 bits per heavy atom. The van der Waals surface area contributed by atoms with E-state index >= 15 is 0 Å². The average Bonchev–Trinajstić information content (AvgIpc) is 2.42. The maximum atomic E-state index is 12.1. The smallest absolute Gasteiger partial charge is 0.279 e. The highest BCUT2D eigenvalue weighted by Crippen LogP contribution is 2.17. The summed E-state index contributed by atoms with van der Waals surface area (Å²) in [4.78, 5) is 24.5. The lowest BCUT2D eigenvalue weighted by Gasteiger charge is -2.27. The predicted octanol–water partition coefficient (Wildman–Crippen LogP) is 0.318. The van der Waals surface area contributed by atoms with Crippen molar-refractivity contribution in [3.05, 3.63) is 27.3 Å². The molecule has 1 fully saturated rings. The van der Waals surface area contributed by atoms with Gasteiger partial charge in [0.05, 0.1) is 19.0 Å². The van der Waals surface area contributed by atoms with Crippen LogP contribution in [0.5, 0.6) is 0 Å². The van der Waals surface area contributed by atoms with Crippen LogP contribution in [-0.4, -0.2) is 31.4 Å². The minimum absolute atomic E-state index is 0.0144. The third-order valence-corrected chi connectivity index (χ3v) is 4.56. The van der Waals surface area contributed by atoms with Crippen LogP contribution in [-0.2, 0) is 9.59 Å². The minimum atomic E-state index is -0.249. The molecule has 2 atom stereocenters. The summed E-state index contributed by atoms with van der Waals surface area (Å²) in [7, 11) is 0. The van der Waals surface area contributed by atoms with Gasteiger partial charge in [0.1, 0.15) is 0 Å². The first-order valence-corrected chi connectivity index (χ1v) is 8.22. The van der Waals surface area contributed by atoms with Crippen molar-refractivity contribution in [2.45, 2.75) is 19.8 Å². The summed E-state index contributed by atoms with van der Waals surface area (Å²) in [6, 6.07) is 5.93. The number of piperidine rings is 1. The Balaban J connectivity index is 1.91. The van der Waals surface area contributed by atoms with Gasteiger partial charge in [0.15, 0.2) is 6.54 Å². The van der Waals surface area contributed by atoms with Crippen LogP contribution in [0.2, 0.25) is 0 Å². The maximum absolute atomic E-state index is 12.1. The fourth-order valence-electron chi connectivity index (χ4n) is 2.74. The number of nitrogens with one attached hydrogen (secondary N) is 2. The van der Waals surface area contributed by atoms with E-state index in [9.17, 15) is 9.59 Å². The number of nitrogens with two attached hydrogens (primary N) is 1. The zero-order chi connectivity index (χ0) is 15.4. The summed E-state index contributed by atoms with van der Waals surface area (Å²) in [5, 5.41) is 2.95. The van der Waals surface area contributed by atoms with E-state index in [2.05, 4.69) is 27.9 Å². The third-order valence-electron chi connectivity index (χ3n) is 3.89. The van der Waals surface area contributed by atoms with Crippen LogP contribution in [0.25, 0.3) is 0 Å². The summed E-state index contributed by atoms with van der Waals surface area (Å²) in [5.41, 5.74) is 7.27. The van der Waals surface area contributed by atoms with Crippen LogP contribution in [0, 0.1) is 16.4 Å². The summed E-state index contributed by atoms with van der Waals surface area (Å²) in [6.07, 6.45) is 1.79. The van der Waals surface area contributed by atoms with Crippen molar-refractivity contribution in [3.8, 4) is 0 Å². The number of primary amides is 1. The highest BCUT2D eigenvalue weighted by atomic mass is 127. The van der Waals surface area contributed by atoms with Gasteiger partial charge in [-0.05, 0) is 66.1 Å². The highest BCUT2D eigenvalue weighted by molar-refractivity contribution is 14.1. The Morgan fingerprint density at radius 3 is 2.90 bits per heavy atom. The summed E-state index contributed by atoms with van der Waals surface area (Å²) in [5.74, 6) is -0.359. The van der Waals surface area contributed by atoms with Crippen molar-refractivity contribution in [1.82, 2.24) is 0 Å². The Hall–Kier alpha value is -1.15. The van der Waals surface area contributed by atoms with E-state index in [1.54, 1.807) is 0 Å². The Labute approximate surface area is 138 Å². The minimum Gasteiger partial charge on any atom is -0.369 e. The van der Waals surface area contributed by atoms with Gasteiger partial charge in [-0.1, -0.05) is 0 Å². The van der Waals surface area contributed by atoms with Crippen LogP contribution >= 0.6 is 22.6 Å². The molecule has 114 valence electrons. The molecule has 0 aromatic heterocycles. The standard InChI is InChI=1S/C15H20IN3O2/c1-10-7-12(16)4-5-13(10)18-14(20)9-19-6-2-3-11(8-19)15(17)21/h4-5,7,11H,2-3,6,8-9H2,1H3,(H2,17,21)(H,18,20)/p+1/t11-/m0/s1. The topological polar surface area (TPSA) is 76.6 Å². The molecule has 2 amide bonds. The maximum Gasteiger partial charge on any atom is 0.279 e. The Bertz CT molecular complexity index is 548. The number of amides is 2. The Kier molecular flexibility index (Phi) is 5.58. The van der Waals surface area contributed by atoms with Crippen molar-refractivity contribution >= 4 is 40.1 Å². The fourth-order valence-corrected chi connectivity index (χ4v) is 3.39. The Morgan fingerprint density at radius 1 is 1.48 bits per heavy atom. The molecule has 0 radical (unpaired) electrons. The molecule has 0 aliphatic carbocycles. The van der Waals surface area contributed by atoms with Gasteiger partial charge in [-0.2, -0.15) is 0 Å². The number of carbonyl (C=O) groups is 2. The SMILES string of the molecule is Cc1cc(I)ccc1NC(=O)C[NH+]1CCC[C@H](C(N)=O)C1. The lowest BCUT2D eigenvalue weighted by molar-refractivity contribution is -0.899. The van der Waals surface area contributed by atoms with Gasteiger partial charge in [-0.3, -0.25) is 9.59 Å². The van der Waals surface area contributed by atoms with Crippen molar-refractivity contribution in [2.24, 2.45) is 11.7 Å². The van der Waals surface area contributed by atoms with Crippen molar-refractivity contribution in [1.29, 1.82) is 0 Å². The van der Waals surface area contributed by atoms with Crippen LogP contribution in [0.15, 0.2) is 18.2 Å². The fraction of sp³-hybridized carbons (Fsp3) is 0.467. The quantitative estimate of drug-likeness (QED) is 0.635. The third kappa shape index (κ3) is 4.67. The summed E-state index contributed by atoms with van der Waals surface area (Å²) >= 11 is 2.25. The predicted molar refractivity (Wildman–Crippen MR) is 90.0 cm³/mol. The molecule has 2 rings (SSSR count). The molecular formula is C15H21IN3O2+. The lowest BCUT2D eigenvalue weighted by Crippen LogP contribution is -3.14. The number of carbonyl (C=O) groups excluding carboxylic acids is 2.